The van der Waals surface area contributed by atoms with Gasteiger partial charge in [0.25, 0.3) is 5.91 Å². The number of benzene rings is 1. The van der Waals surface area contributed by atoms with E-state index in [9.17, 15) is 13.2 Å². The number of halogens is 1. The Morgan fingerprint density at radius 1 is 1.36 bits per heavy atom. The standard InChI is InChI=1S/C17H19ClN2O3S2/c1-12-5-4-8-20(10-12)25(22,23)13-9-16(24-11-13)17(21)19-15-7-3-2-6-14(15)18/h2-3,6-7,9,11-12H,4-5,8,10H2,1H3,(H,19,21). The molecule has 0 bridgehead atoms. The zero-order valence-corrected chi connectivity index (χ0v) is 16.1. The van der Waals surface area contributed by atoms with Crippen LogP contribution in [0.4, 0.5) is 5.69 Å². The van der Waals surface area contributed by atoms with Crippen LogP contribution in [0, 0.1) is 5.92 Å². The van der Waals surface area contributed by atoms with Crippen LogP contribution in [0.5, 0.6) is 0 Å². The Hall–Kier alpha value is -1.41. The molecule has 1 aliphatic heterocycles. The molecule has 0 saturated carbocycles. The van der Waals surface area contributed by atoms with Crippen molar-refractivity contribution in [2.24, 2.45) is 5.92 Å². The van der Waals surface area contributed by atoms with E-state index in [4.69, 9.17) is 11.6 Å². The predicted molar refractivity (Wildman–Crippen MR) is 101 cm³/mol. The van der Waals surface area contributed by atoms with Crippen molar-refractivity contribution in [3.63, 3.8) is 0 Å². The lowest BCUT2D eigenvalue weighted by molar-refractivity contribution is 0.103. The summed E-state index contributed by atoms with van der Waals surface area (Å²) in [7, 11) is -3.55. The summed E-state index contributed by atoms with van der Waals surface area (Å²) in [5, 5.41) is 4.67. The Bertz CT molecular complexity index is 880. The van der Waals surface area contributed by atoms with Crippen LogP contribution in [-0.2, 0) is 10.0 Å². The predicted octanol–water partition coefficient (Wildman–Crippen LogP) is 4.07. The molecule has 2 aromatic rings. The van der Waals surface area contributed by atoms with E-state index in [-0.39, 0.29) is 10.8 Å². The lowest BCUT2D eigenvalue weighted by Crippen LogP contribution is -2.38. The number of para-hydroxylation sites is 1. The number of nitrogens with one attached hydrogen (secondary N) is 1. The molecule has 1 amide bonds. The van der Waals surface area contributed by atoms with Gasteiger partial charge in [-0.25, -0.2) is 8.42 Å². The minimum Gasteiger partial charge on any atom is -0.320 e. The zero-order chi connectivity index (χ0) is 18.0. The lowest BCUT2D eigenvalue weighted by atomic mass is 10.0. The minimum atomic E-state index is -3.55. The van der Waals surface area contributed by atoms with Gasteiger partial charge < -0.3 is 5.32 Å². The first-order valence-corrected chi connectivity index (χ1v) is 10.7. The average molecular weight is 399 g/mol. The minimum absolute atomic E-state index is 0.177. The number of carbonyl (C=O) groups excluding carboxylic acids is 1. The number of anilines is 1. The molecule has 1 aromatic carbocycles. The third-order valence-corrected chi connectivity index (χ3v) is 7.43. The summed E-state index contributed by atoms with van der Waals surface area (Å²) < 4.78 is 27.0. The van der Waals surface area contributed by atoms with Gasteiger partial charge in [0.2, 0.25) is 10.0 Å². The van der Waals surface area contributed by atoms with Crippen molar-refractivity contribution in [3.05, 3.63) is 45.6 Å². The fourth-order valence-corrected chi connectivity index (χ4v) is 5.77. The van der Waals surface area contributed by atoms with Gasteiger partial charge in [0.05, 0.1) is 20.5 Å². The summed E-state index contributed by atoms with van der Waals surface area (Å²) in [6.07, 6.45) is 1.91. The van der Waals surface area contributed by atoms with E-state index in [1.165, 1.54) is 15.8 Å². The number of thiophene rings is 1. The van der Waals surface area contributed by atoms with Gasteiger partial charge in [0.1, 0.15) is 0 Å². The van der Waals surface area contributed by atoms with Crippen LogP contribution in [0.15, 0.2) is 40.6 Å². The van der Waals surface area contributed by atoms with Gasteiger partial charge in [0, 0.05) is 18.5 Å². The van der Waals surface area contributed by atoms with Gasteiger partial charge in [-0.15, -0.1) is 11.3 Å². The molecule has 1 unspecified atom stereocenters. The van der Waals surface area contributed by atoms with E-state index in [1.807, 2.05) is 0 Å². The van der Waals surface area contributed by atoms with Gasteiger partial charge in [-0.05, 0) is 37.0 Å². The molecule has 1 saturated heterocycles. The SMILES string of the molecule is CC1CCCN(S(=O)(=O)c2csc(C(=O)Nc3ccccc3Cl)c2)C1. The van der Waals surface area contributed by atoms with Crippen molar-refractivity contribution < 1.29 is 13.2 Å². The largest absolute Gasteiger partial charge is 0.320 e. The Morgan fingerprint density at radius 2 is 2.12 bits per heavy atom. The Kier molecular flexibility index (Phi) is 5.48. The van der Waals surface area contributed by atoms with Crippen LogP contribution in [0.3, 0.4) is 0 Å². The molecular formula is C17H19ClN2O3S2. The molecule has 0 radical (unpaired) electrons. The molecule has 2 heterocycles. The second-order valence-corrected chi connectivity index (χ2v) is 9.45. The maximum absolute atomic E-state index is 12.8. The summed E-state index contributed by atoms with van der Waals surface area (Å²) in [6, 6.07) is 8.35. The van der Waals surface area contributed by atoms with Crippen molar-refractivity contribution in [2.45, 2.75) is 24.7 Å². The number of hydrogen-bond acceptors (Lipinski definition) is 4. The van der Waals surface area contributed by atoms with Gasteiger partial charge in [-0.3, -0.25) is 4.79 Å². The molecule has 134 valence electrons. The number of amides is 1. The van der Waals surface area contributed by atoms with E-state index in [0.29, 0.717) is 34.6 Å². The molecule has 8 heteroatoms. The third-order valence-electron chi connectivity index (χ3n) is 4.18. The van der Waals surface area contributed by atoms with E-state index >= 15 is 0 Å². The van der Waals surface area contributed by atoms with E-state index in [0.717, 1.165) is 24.2 Å². The maximum Gasteiger partial charge on any atom is 0.265 e. The summed E-state index contributed by atoms with van der Waals surface area (Å²) >= 11 is 7.15. The van der Waals surface area contributed by atoms with Crippen molar-refractivity contribution in [1.29, 1.82) is 0 Å². The maximum atomic E-state index is 12.8. The topological polar surface area (TPSA) is 66.5 Å². The molecule has 1 aromatic heterocycles. The third kappa shape index (κ3) is 4.06. The van der Waals surface area contributed by atoms with Crippen molar-refractivity contribution in [1.82, 2.24) is 4.31 Å². The van der Waals surface area contributed by atoms with Gasteiger partial charge in [-0.2, -0.15) is 4.31 Å². The average Bonchev–Trinajstić information content (AvgIpc) is 3.08. The summed E-state index contributed by atoms with van der Waals surface area (Å²) in [5.41, 5.74) is 0.497. The molecule has 1 aliphatic rings. The van der Waals surface area contributed by atoms with Crippen LogP contribution >= 0.6 is 22.9 Å². The summed E-state index contributed by atoms with van der Waals surface area (Å²) in [4.78, 5) is 12.9. The second-order valence-electron chi connectivity index (χ2n) is 6.19. The Labute approximate surface area is 156 Å². The van der Waals surface area contributed by atoms with E-state index in [1.54, 1.807) is 24.3 Å². The first kappa shape index (κ1) is 18.4. The molecule has 3 rings (SSSR count). The molecule has 5 nitrogen and oxygen atoms in total. The number of sulfonamides is 1. The number of rotatable bonds is 4. The number of carbonyl (C=O) groups is 1. The van der Waals surface area contributed by atoms with Crippen molar-refractivity contribution in [2.75, 3.05) is 18.4 Å². The van der Waals surface area contributed by atoms with Crippen LogP contribution in [0.1, 0.15) is 29.4 Å². The highest BCUT2D eigenvalue weighted by atomic mass is 35.5. The highest BCUT2D eigenvalue weighted by Gasteiger charge is 2.30. The molecular weight excluding hydrogens is 380 g/mol. The van der Waals surface area contributed by atoms with Crippen LogP contribution in [0.2, 0.25) is 5.02 Å². The molecule has 0 aliphatic carbocycles. The van der Waals surface area contributed by atoms with Crippen molar-refractivity contribution in [3.8, 4) is 0 Å². The highest BCUT2D eigenvalue weighted by molar-refractivity contribution is 7.89. The smallest absolute Gasteiger partial charge is 0.265 e. The zero-order valence-electron chi connectivity index (χ0n) is 13.7. The van der Waals surface area contributed by atoms with Crippen molar-refractivity contribution >= 4 is 44.6 Å². The first-order chi connectivity index (χ1) is 11.9. The number of hydrogen-bond donors (Lipinski definition) is 1. The van der Waals surface area contributed by atoms with Gasteiger partial charge in [-0.1, -0.05) is 30.7 Å². The van der Waals surface area contributed by atoms with Crippen LogP contribution in [-0.4, -0.2) is 31.7 Å². The lowest BCUT2D eigenvalue weighted by Gasteiger charge is -2.29. The molecule has 0 spiro atoms. The summed E-state index contributed by atoms with van der Waals surface area (Å²) in [5.74, 6) is -0.0169. The molecule has 1 fully saturated rings. The van der Waals surface area contributed by atoms with E-state index < -0.39 is 10.0 Å². The Balaban J connectivity index is 1.77. The summed E-state index contributed by atoms with van der Waals surface area (Å²) in [6.45, 7) is 3.11. The van der Waals surface area contributed by atoms with E-state index in [2.05, 4.69) is 12.2 Å². The first-order valence-electron chi connectivity index (χ1n) is 8.02. The molecule has 1 N–H and O–H groups in total. The van der Waals surface area contributed by atoms with Gasteiger partial charge in [0.15, 0.2) is 0 Å². The molecule has 1 atom stereocenters. The van der Waals surface area contributed by atoms with Crippen LogP contribution < -0.4 is 5.32 Å². The molecule has 25 heavy (non-hydrogen) atoms. The van der Waals surface area contributed by atoms with Gasteiger partial charge >= 0.3 is 0 Å². The number of nitrogens with zero attached hydrogens (tertiary/aromatic N) is 1. The number of piperidine rings is 1. The Morgan fingerprint density at radius 3 is 2.84 bits per heavy atom. The highest BCUT2D eigenvalue weighted by Crippen LogP contribution is 2.28. The quantitative estimate of drug-likeness (QED) is 0.843. The van der Waals surface area contributed by atoms with Crippen LogP contribution in [0.25, 0.3) is 0 Å². The fourth-order valence-electron chi connectivity index (χ4n) is 2.83. The second kappa shape index (κ2) is 7.45. The fraction of sp³-hybridized carbons (Fsp3) is 0.353. The normalized spacial score (nSPS) is 18.9. The monoisotopic (exact) mass is 398 g/mol.